The second kappa shape index (κ2) is 6.10. The Hall–Kier alpha value is -1.58. The van der Waals surface area contributed by atoms with Gasteiger partial charge in [-0.3, -0.25) is 0 Å². The van der Waals surface area contributed by atoms with Crippen LogP contribution in [0, 0.1) is 5.82 Å². The van der Waals surface area contributed by atoms with Crippen molar-refractivity contribution in [3.05, 3.63) is 35.6 Å². The molecule has 4 heteroatoms. The molecular weight excluding hydrogens is 205 g/mol. The number of halogens is 1. The number of hydrogen-bond acceptors (Lipinski definition) is 1. The van der Waals surface area contributed by atoms with E-state index in [0.717, 1.165) is 12.5 Å². The van der Waals surface area contributed by atoms with Crippen molar-refractivity contribution in [1.82, 2.24) is 10.2 Å². The molecule has 0 fully saturated rings. The molecular formula is C12H18FN3. The first kappa shape index (κ1) is 12.5. The minimum atomic E-state index is -0.208. The molecule has 88 valence electrons. The largest absolute Gasteiger partial charge is 0.357 e. The molecule has 0 aliphatic heterocycles. The summed E-state index contributed by atoms with van der Waals surface area (Å²) in [5.74, 6) is 0.562. The molecule has 0 atom stereocenters. The molecule has 0 aromatic heterocycles. The van der Waals surface area contributed by atoms with Crippen LogP contribution in [0.4, 0.5) is 4.39 Å². The van der Waals surface area contributed by atoms with Gasteiger partial charge in [0.2, 0.25) is 0 Å². The van der Waals surface area contributed by atoms with Crippen molar-refractivity contribution in [1.29, 1.82) is 0 Å². The van der Waals surface area contributed by atoms with Crippen LogP contribution < -0.4 is 5.32 Å². The molecule has 0 heterocycles. The van der Waals surface area contributed by atoms with E-state index in [1.165, 1.54) is 6.07 Å². The first-order valence-electron chi connectivity index (χ1n) is 5.34. The van der Waals surface area contributed by atoms with Gasteiger partial charge in [-0.1, -0.05) is 18.2 Å². The smallest absolute Gasteiger partial charge is 0.193 e. The van der Waals surface area contributed by atoms with Gasteiger partial charge in [0.25, 0.3) is 0 Å². The summed E-state index contributed by atoms with van der Waals surface area (Å²) in [5, 5.41) is 3.13. The molecule has 0 radical (unpaired) electrons. The zero-order valence-electron chi connectivity index (χ0n) is 10.00. The predicted octanol–water partition coefficient (Wildman–Crippen LogP) is 1.85. The Labute approximate surface area is 96.0 Å². The summed E-state index contributed by atoms with van der Waals surface area (Å²) in [6.45, 7) is 3.16. The molecule has 0 amide bonds. The van der Waals surface area contributed by atoms with Crippen LogP contribution in [0.3, 0.4) is 0 Å². The Kier molecular flexibility index (Phi) is 4.76. The van der Waals surface area contributed by atoms with Gasteiger partial charge in [0.15, 0.2) is 5.96 Å². The molecule has 1 rings (SSSR count). The van der Waals surface area contributed by atoms with Crippen LogP contribution in [-0.4, -0.2) is 31.5 Å². The summed E-state index contributed by atoms with van der Waals surface area (Å²) in [5.41, 5.74) is 0.611. The number of nitrogens with one attached hydrogen (secondary N) is 1. The topological polar surface area (TPSA) is 27.6 Å². The van der Waals surface area contributed by atoms with E-state index in [1.54, 1.807) is 12.1 Å². The first-order chi connectivity index (χ1) is 7.65. The van der Waals surface area contributed by atoms with Crippen LogP contribution in [0.1, 0.15) is 12.5 Å². The molecule has 0 saturated carbocycles. The SMILES string of the molecule is CCNC(=NCc1ccccc1F)N(C)C. The first-order valence-corrected chi connectivity index (χ1v) is 5.34. The molecule has 1 aromatic carbocycles. The average molecular weight is 223 g/mol. The zero-order valence-corrected chi connectivity index (χ0v) is 10.00. The van der Waals surface area contributed by atoms with E-state index in [4.69, 9.17) is 0 Å². The molecule has 1 aromatic rings. The molecule has 0 saturated heterocycles. The number of guanidine groups is 1. The standard InChI is InChI=1S/C12H18FN3/c1-4-14-12(16(2)3)15-9-10-7-5-6-8-11(10)13/h5-8H,4,9H2,1-3H3,(H,14,15). The molecule has 0 bridgehead atoms. The Morgan fingerprint density at radius 3 is 2.62 bits per heavy atom. The summed E-state index contributed by atoms with van der Waals surface area (Å²) in [6, 6.07) is 6.70. The highest BCUT2D eigenvalue weighted by atomic mass is 19.1. The Balaban J connectivity index is 2.73. The van der Waals surface area contributed by atoms with E-state index in [1.807, 2.05) is 32.0 Å². The molecule has 0 aliphatic rings. The molecule has 0 unspecified atom stereocenters. The third kappa shape index (κ3) is 3.53. The lowest BCUT2D eigenvalue weighted by Gasteiger charge is -2.16. The molecule has 3 nitrogen and oxygen atoms in total. The maximum absolute atomic E-state index is 13.3. The molecule has 0 spiro atoms. The highest BCUT2D eigenvalue weighted by Gasteiger charge is 2.02. The van der Waals surface area contributed by atoms with Gasteiger partial charge in [-0.2, -0.15) is 0 Å². The fourth-order valence-electron chi connectivity index (χ4n) is 1.30. The Morgan fingerprint density at radius 2 is 2.06 bits per heavy atom. The van der Waals surface area contributed by atoms with Gasteiger partial charge in [-0.05, 0) is 13.0 Å². The molecule has 16 heavy (non-hydrogen) atoms. The summed E-state index contributed by atoms with van der Waals surface area (Å²) in [4.78, 5) is 6.21. The summed E-state index contributed by atoms with van der Waals surface area (Å²) >= 11 is 0. The highest BCUT2D eigenvalue weighted by molar-refractivity contribution is 5.79. The van der Waals surface area contributed by atoms with Gasteiger partial charge in [0.1, 0.15) is 5.82 Å². The van der Waals surface area contributed by atoms with Gasteiger partial charge in [-0.25, -0.2) is 9.38 Å². The van der Waals surface area contributed by atoms with Crippen molar-refractivity contribution >= 4 is 5.96 Å². The van der Waals surface area contributed by atoms with Crippen molar-refractivity contribution < 1.29 is 4.39 Å². The number of benzene rings is 1. The highest BCUT2D eigenvalue weighted by Crippen LogP contribution is 2.07. The normalized spacial score (nSPS) is 11.4. The third-order valence-corrected chi connectivity index (χ3v) is 2.12. The van der Waals surface area contributed by atoms with E-state index in [9.17, 15) is 4.39 Å². The fraction of sp³-hybridized carbons (Fsp3) is 0.417. The van der Waals surface area contributed by atoms with Gasteiger partial charge < -0.3 is 10.2 Å². The predicted molar refractivity (Wildman–Crippen MR) is 64.9 cm³/mol. The van der Waals surface area contributed by atoms with Crippen LogP contribution >= 0.6 is 0 Å². The van der Waals surface area contributed by atoms with Crippen molar-refractivity contribution in [2.45, 2.75) is 13.5 Å². The molecule has 0 aliphatic carbocycles. The maximum Gasteiger partial charge on any atom is 0.193 e. The van der Waals surface area contributed by atoms with Crippen molar-refractivity contribution in [2.75, 3.05) is 20.6 Å². The van der Waals surface area contributed by atoms with E-state index in [0.29, 0.717) is 12.1 Å². The number of hydrogen-bond donors (Lipinski definition) is 1. The van der Waals surface area contributed by atoms with Crippen molar-refractivity contribution in [3.8, 4) is 0 Å². The number of nitrogens with zero attached hydrogens (tertiary/aromatic N) is 2. The number of rotatable bonds is 3. The molecule has 1 N–H and O–H groups in total. The van der Waals surface area contributed by atoms with Gasteiger partial charge in [0, 0.05) is 26.2 Å². The minimum Gasteiger partial charge on any atom is -0.357 e. The summed E-state index contributed by atoms with van der Waals surface area (Å²) < 4.78 is 13.3. The minimum absolute atomic E-state index is 0.208. The lowest BCUT2D eigenvalue weighted by Crippen LogP contribution is -2.36. The van der Waals surface area contributed by atoms with Gasteiger partial charge >= 0.3 is 0 Å². The second-order valence-electron chi connectivity index (χ2n) is 3.66. The van der Waals surface area contributed by atoms with Crippen LogP contribution in [-0.2, 0) is 6.54 Å². The Bertz CT molecular complexity index is 361. The van der Waals surface area contributed by atoms with Crippen LogP contribution in [0.25, 0.3) is 0 Å². The van der Waals surface area contributed by atoms with E-state index in [-0.39, 0.29) is 5.82 Å². The lowest BCUT2D eigenvalue weighted by atomic mass is 10.2. The van der Waals surface area contributed by atoms with E-state index < -0.39 is 0 Å². The average Bonchev–Trinajstić information content (AvgIpc) is 2.26. The fourth-order valence-corrected chi connectivity index (χ4v) is 1.30. The summed E-state index contributed by atoms with van der Waals surface area (Å²) in [7, 11) is 3.81. The van der Waals surface area contributed by atoms with Crippen LogP contribution in [0.15, 0.2) is 29.3 Å². The van der Waals surface area contributed by atoms with E-state index in [2.05, 4.69) is 10.3 Å². The lowest BCUT2D eigenvalue weighted by molar-refractivity contribution is 0.578. The summed E-state index contributed by atoms with van der Waals surface area (Å²) in [6.07, 6.45) is 0. The van der Waals surface area contributed by atoms with Crippen LogP contribution in [0.5, 0.6) is 0 Å². The third-order valence-electron chi connectivity index (χ3n) is 2.12. The zero-order chi connectivity index (χ0) is 12.0. The van der Waals surface area contributed by atoms with Crippen molar-refractivity contribution in [2.24, 2.45) is 4.99 Å². The Morgan fingerprint density at radius 1 is 1.38 bits per heavy atom. The van der Waals surface area contributed by atoms with Crippen molar-refractivity contribution in [3.63, 3.8) is 0 Å². The van der Waals surface area contributed by atoms with E-state index >= 15 is 0 Å². The van der Waals surface area contributed by atoms with Gasteiger partial charge in [0.05, 0.1) is 6.54 Å². The monoisotopic (exact) mass is 223 g/mol. The number of aliphatic imine (C=N–C) groups is 1. The van der Waals surface area contributed by atoms with Crippen LogP contribution in [0.2, 0.25) is 0 Å². The maximum atomic E-state index is 13.3. The quantitative estimate of drug-likeness (QED) is 0.625. The van der Waals surface area contributed by atoms with Gasteiger partial charge in [-0.15, -0.1) is 0 Å². The second-order valence-corrected chi connectivity index (χ2v) is 3.66.